The van der Waals surface area contributed by atoms with E-state index in [2.05, 4.69) is 15.6 Å². The van der Waals surface area contributed by atoms with Crippen LogP contribution in [0.15, 0.2) is 23.2 Å². The molecule has 0 aliphatic heterocycles. The zero-order valence-electron chi connectivity index (χ0n) is 13.4. The number of halogens is 2. The summed E-state index contributed by atoms with van der Waals surface area (Å²) in [7, 11) is 3.34. The van der Waals surface area contributed by atoms with Gasteiger partial charge in [-0.05, 0) is 31.5 Å². The smallest absolute Gasteiger partial charge is 0.191 e. The Morgan fingerprint density at radius 3 is 2.59 bits per heavy atom. The van der Waals surface area contributed by atoms with Crippen molar-refractivity contribution in [2.24, 2.45) is 4.99 Å². The van der Waals surface area contributed by atoms with E-state index in [1.165, 1.54) is 6.07 Å². The Hall–Kier alpha value is -0.930. The molecule has 1 rings (SSSR count). The molecule has 0 heterocycles. The molecule has 0 spiro atoms. The molecule has 5 nitrogen and oxygen atoms in total. The molecule has 22 heavy (non-hydrogen) atoms. The number of guanidine groups is 1. The predicted molar refractivity (Wildman–Crippen MR) is 97.0 cm³/mol. The van der Waals surface area contributed by atoms with Gasteiger partial charge in [0.25, 0.3) is 0 Å². The van der Waals surface area contributed by atoms with Gasteiger partial charge in [0.15, 0.2) is 5.96 Å². The first kappa shape index (κ1) is 21.1. The summed E-state index contributed by atoms with van der Waals surface area (Å²) in [4.78, 5) is 4.12. The van der Waals surface area contributed by atoms with E-state index in [9.17, 15) is 4.39 Å². The maximum Gasteiger partial charge on any atom is 0.191 e. The van der Waals surface area contributed by atoms with Crippen LogP contribution < -0.4 is 10.6 Å². The lowest BCUT2D eigenvalue weighted by Crippen LogP contribution is -2.45. The molecule has 7 heteroatoms. The fraction of sp³-hybridized carbons (Fsp3) is 0.533. The monoisotopic (exact) mass is 425 g/mol. The van der Waals surface area contributed by atoms with Gasteiger partial charge in [-0.3, -0.25) is 4.99 Å². The highest BCUT2D eigenvalue weighted by Gasteiger charge is 2.16. The number of benzene rings is 1. The summed E-state index contributed by atoms with van der Waals surface area (Å²) in [5.41, 5.74) is 0.865. The van der Waals surface area contributed by atoms with Crippen LogP contribution in [0.4, 0.5) is 4.39 Å². The topological polar surface area (TPSA) is 65.9 Å². The Morgan fingerprint density at radius 2 is 2.05 bits per heavy atom. The Morgan fingerprint density at radius 1 is 1.36 bits per heavy atom. The molecular weight excluding hydrogens is 400 g/mol. The summed E-state index contributed by atoms with van der Waals surface area (Å²) >= 11 is 0. The van der Waals surface area contributed by atoms with Crippen LogP contribution >= 0.6 is 24.0 Å². The van der Waals surface area contributed by atoms with E-state index < -0.39 is 5.82 Å². The van der Waals surface area contributed by atoms with Gasteiger partial charge in [-0.1, -0.05) is 6.07 Å². The van der Waals surface area contributed by atoms with E-state index in [0.717, 1.165) is 5.56 Å². The molecule has 0 aliphatic rings. The number of hydrogen-bond donors (Lipinski definition) is 3. The number of nitrogens with zero attached hydrogens (tertiary/aromatic N) is 1. The minimum absolute atomic E-state index is 0. The Kier molecular flexibility index (Phi) is 9.54. The van der Waals surface area contributed by atoms with Crippen LogP contribution in [0.25, 0.3) is 0 Å². The second kappa shape index (κ2) is 9.96. The largest absolute Gasteiger partial charge is 0.392 e. The van der Waals surface area contributed by atoms with Crippen molar-refractivity contribution in [2.45, 2.75) is 32.6 Å². The van der Waals surface area contributed by atoms with Gasteiger partial charge in [0.1, 0.15) is 5.82 Å². The molecule has 126 valence electrons. The van der Waals surface area contributed by atoms with E-state index >= 15 is 0 Å². The quantitative estimate of drug-likeness (QED) is 0.371. The standard InChI is InChI=1S/C15H24FN3O2.HI/c1-15(2,21-4)10-19-14(17-3)18-8-11-5-6-13(16)12(7-11)9-20;/h5-7,20H,8-10H2,1-4H3,(H2,17,18,19);1H. The van der Waals surface area contributed by atoms with Gasteiger partial charge in [0.2, 0.25) is 0 Å². The first-order chi connectivity index (χ1) is 9.91. The zero-order valence-corrected chi connectivity index (χ0v) is 15.8. The molecule has 3 N–H and O–H groups in total. The van der Waals surface area contributed by atoms with Gasteiger partial charge in [-0.15, -0.1) is 24.0 Å². The van der Waals surface area contributed by atoms with Crippen LogP contribution in [0.3, 0.4) is 0 Å². The van der Waals surface area contributed by atoms with Crippen molar-refractivity contribution in [3.8, 4) is 0 Å². The van der Waals surface area contributed by atoms with Crippen molar-refractivity contribution in [2.75, 3.05) is 20.7 Å². The van der Waals surface area contributed by atoms with Crippen molar-refractivity contribution in [3.63, 3.8) is 0 Å². The normalized spacial score (nSPS) is 11.8. The minimum Gasteiger partial charge on any atom is -0.392 e. The molecule has 0 amide bonds. The minimum atomic E-state index is -0.398. The highest BCUT2D eigenvalue weighted by atomic mass is 127. The van der Waals surface area contributed by atoms with Gasteiger partial charge in [0.05, 0.1) is 12.2 Å². The number of aliphatic hydroxyl groups is 1. The van der Waals surface area contributed by atoms with Crippen molar-refractivity contribution >= 4 is 29.9 Å². The van der Waals surface area contributed by atoms with Gasteiger partial charge in [-0.2, -0.15) is 0 Å². The van der Waals surface area contributed by atoms with Gasteiger partial charge < -0.3 is 20.5 Å². The van der Waals surface area contributed by atoms with Crippen molar-refractivity contribution < 1.29 is 14.2 Å². The Bertz CT molecular complexity index is 496. The van der Waals surface area contributed by atoms with Crippen molar-refractivity contribution in [1.29, 1.82) is 0 Å². The molecule has 0 aromatic heterocycles. The number of rotatable bonds is 6. The fourth-order valence-electron chi connectivity index (χ4n) is 1.63. The number of methoxy groups -OCH3 is 1. The first-order valence-corrected chi connectivity index (χ1v) is 6.79. The predicted octanol–water partition coefficient (Wildman–Crippen LogP) is 2.03. The van der Waals surface area contributed by atoms with Crippen molar-refractivity contribution in [3.05, 3.63) is 35.1 Å². The summed E-state index contributed by atoms with van der Waals surface area (Å²) < 4.78 is 18.6. The molecule has 0 aliphatic carbocycles. The van der Waals surface area contributed by atoms with E-state index in [4.69, 9.17) is 9.84 Å². The zero-order chi connectivity index (χ0) is 15.9. The number of aliphatic imine (C=N–C) groups is 1. The lowest BCUT2D eigenvalue weighted by molar-refractivity contribution is 0.0268. The van der Waals surface area contributed by atoms with Crippen LogP contribution in [0.5, 0.6) is 0 Å². The average Bonchev–Trinajstić information content (AvgIpc) is 2.48. The summed E-state index contributed by atoms with van der Waals surface area (Å²) in [6, 6.07) is 4.66. The molecule has 0 saturated heterocycles. The van der Waals surface area contributed by atoms with Crippen LogP contribution in [-0.2, 0) is 17.9 Å². The summed E-state index contributed by atoms with van der Waals surface area (Å²) in [6.45, 7) is 4.73. The van der Waals surface area contributed by atoms with Crippen LogP contribution in [0.2, 0.25) is 0 Å². The third-order valence-electron chi connectivity index (χ3n) is 3.20. The molecule has 0 fully saturated rings. The number of nitrogens with one attached hydrogen (secondary N) is 2. The second-order valence-electron chi connectivity index (χ2n) is 5.33. The maximum absolute atomic E-state index is 13.3. The average molecular weight is 425 g/mol. The molecule has 0 unspecified atom stereocenters. The molecule has 0 saturated carbocycles. The number of ether oxygens (including phenoxy) is 1. The van der Waals surface area contributed by atoms with Crippen LogP contribution in [0.1, 0.15) is 25.0 Å². The van der Waals surface area contributed by atoms with Gasteiger partial charge >= 0.3 is 0 Å². The Balaban J connectivity index is 0.00000441. The molecular formula is C15H25FIN3O2. The van der Waals surface area contributed by atoms with E-state index in [-0.39, 0.29) is 41.7 Å². The molecule has 0 bridgehead atoms. The molecule has 1 aromatic carbocycles. The Labute approximate surface area is 148 Å². The first-order valence-electron chi connectivity index (χ1n) is 6.79. The maximum atomic E-state index is 13.3. The highest BCUT2D eigenvalue weighted by molar-refractivity contribution is 14.0. The second-order valence-corrected chi connectivity index (χ2v) is 5.33. The lowest BCUT2D eigenvalue weighted by Gasteiger charge is -2.24. The van der Waals surface area contributed by atoms with Gasteiger partial charge in [-0.25, -0.2) is 4.39 Å². The van der Waals surface area contributed by atoms with Crippen LogP contribution in [-0.4, -0.2) is 37.4 Å². The van der Waals surface area contributed by atoms with Crippen LogP contribution in [0, 0.1) is 5.82 Å². The molecule has 0 atom stereocenters. The summed E-state index contributed by atoms with van der Waals surface area (Å²) in [5, 5.41) is 15.4. The third-order valence-corrected chi connectivity index (χ3v) is 3.20. The van der Waals surface area contributed by atoms with E-state index in [1.54, 1.807) is 26.3 Å². The van der Waals surface area contributed by atoms with Gasteiger partial charge in [0, 0.05) is 32.8 Å². The van der Waals surface area contributed by atoms with E-state index in [1.807, 2.05) is 13.8 Å². The number of hydrogen-bond acceptors (Lipinski definition) is 3. The summed E-state index contributed by atoms with van der Waals surface area (Å²) in [5.74, 6) is 0.237. The molecule has 0 radical (unpaired) electrons. The lowest BCUT2D eigenvalue weighted by atomic mass is 10.1. The number of aliphatic hydroxyl groups excluding tert-OH is 1. The fourth-order valence-corrected chi connectivity index (χ4v) is 1.63. The third kappa shape index (κ3) is 6.89. The molecule has 1 aromatic rings. The van der Waals surface area contributed by atoms with Crippen molar-refractivity contribution in [1.82, 2.24) is 10.6 Å². The highest BCUT2D eigenvalue weighted by Crippen LogP contribution is 2.10. The summed E-state index contributed by atoms with van der Waals surface area (Å²) in [6.07, 6.45) is 0. The SMILES string of the molecule is CN=C(NCc1ccc(F)c(CO)c1)NCC(C)(C)OC.I. The van der Waals surface area contributed by atoms with E-state index in [0.29, 0.717) is 19.0 Å².